The molecule has 1 saturated heterocycles. The van der Waals surface area contributed by atoms with E-state index in [0.717, 1.165) is 24.8 Å². The van der Waals surface area contributed by atoms with Crippen molar-refractivity contribution in [3.8, 4) is 0 Å². The van der Waals surface area contributed by atoms with Gasteiger partial charge >= 0.3 is 0 Å². The molecular formula is C13H19N3. The Morgan fingerprint density at radius 3 is 3.25 bits per heavy atom. The van der Waals surface area contributed by atoms with E-state index in [-0.39, 0.29) is 0 Å². The average Bonchev–Trinajstić information content (AvgIpc) is 2.28. The summed E-state index contributed by atoms with van der Waals surface area (Å²) in [6.45, 7) is 6.69. The average molecular weight is 217 g/mol. The van der Waals surface area contributed by atoms with E-state index in [2.05, 4.69) is 35.1 Å². The van der Waals surface area contributed by atoms with Crippen LogP contribution in [0.4, 0.5) is 11.5 Å². The molecule has 86 valence electrons. The molecule has 0 aromatic carbocycles. The molecule has 1 aromatic heterocycles. The van der Waals surface area contributed by atoms with Crippen molar-refractivity contribution in [2.24, 2.45) is 5.92 Å². The van der Waals surface area contributed by atoms with Crippen LogP contribution in [0.25, 0.3) is 0 Å². The summed E-state index contributed by atoms with van der Waals surface area (Å²) in [5, 5.41) is 3.52. The second-order valence-electron chi connectivity index (χ2n) is 5.24. The van der Waals surface area contributed by atoms with E-state index in [0.29, 0.717) is 6.04 Å². The highest BCUT2D eigenvalue weighted by Gasteiger charge is 2.31. The number of anilines is 2. The monoisotopic (exact) mass is 217 g/mol. The Kier molecular flexibility index (Phi) is 2.27. The first-order chi connectivity index (χ1) is 7.74. The Bertz CT molecular complexity index is 402. The molecule has 3 heterocycles. The SMILES string of the molecule is Cc1cnc2c(c1)NCC1CC(C)CCN21. The minimum Gasteiger partial charge on any atom is -0.380 e. The van der Waals surface area contributed by atoms with Gasteiger partial charge in [0, 0.05) is 25.3 Å². The standard InChI is InChI=1S/C13H19N3/c1-9-3-4-16-11(5-9)8-14-12-6-10(2)7-15-13(12)16/h6-7,9,11,14H,3-5,8H2,1-2H3. The molecule has 0 spiro atoms. The predicted octanol–water partition coefficient (Wildman–Crippen LogP) is 2.42. The second kappa shape index (κ2) is 3.65. The molecule has 1 N–H and O–H groups in total. The lowest BCUT2D eigenvalue weighted by atomic mass is 9.91. The third-order valence-corrected chi connectivity index (χ3v) is 3.78. The molecular weight excluding hydrogens is 198 g/mol. The Morgan fingerprint density at radius 2 is 2.38 bits per heavy atom. The number of nitrogens with one attached hydrogen (secondary N) is 1. The lowest BCUT2D eigenvalue weighted by Gasteiger charge is -2.43. The molecule has 0 bridgehead atoms. The first-order valence-corrected chi connectivity index (χ1v) is 6.21. The first-order valence-electron chi connectivity index (χ1n) is 6.21. The van der Waals surface area contributed by atoms with Crippen molar-refractivity contribution >= 4 is 11.5 Å². The van der Waals surface area contributed by atoms with E-state index in [1.165, 1.54) is 24.1 Å². The highest BCUT2D eigenvalue weighted by Crippen LogP contribution is 2.35. The first kappa shape index (κ1) is 9.94. The van der Waals surface area contributed by atoms with Crippen LogP contribution in [-0.4, -0.2) is 24.1 Å². The summed E-state index contributed by atoms with van der Waals surface area (Å²) in [4.78, 5) is 7.08. The molecule has 2 aliphatic rings. The lowest BCUT2D eigenvalue weighted by molar-refractivity contribution is 0.365. The fourth-order valence-corrected chi connectivity index (χ4v) is 2.87. The number of rotatable bonds is 0. The Balaban J connectivity index is 1.94. The summed E-state index contributed by atoms with van der Waals surface area (Å²) in [6.07, 6.45) is 4.56. The Hall–Kier alpha value is -1.25. The number of hydrogen-bond donors (Lipinski definition) is 1. The van der Waals surface area contributed by atoms with Gasteiger partial charge in [-0.15, -0.1) is 0 Å². The highest BCUT2D eigenvalue weighted by atomic mass is 15.3. The van der Waals surface area contributed by atoms with E-state index in [1.54, 1.807) is 0 Å². The summed E-state index contributed by atoms with van der Waals surface area (Å²) < 4.78 is 0. The maximum Gasteiger partial charge on any atom is 0.152 e. The van der Waals surface area contributed by atoms with Crippen LogP contribution in [0.2, 0.25) is 0 Å². The van der Waals surface area contributed by atoms with Gasteiger partial charge in [-0.05, 0) is 37.3 Å². The van der Waals surface area contributed by atoms with Gasteiger partial charge in [0.05, 0.1) is 5.69 Å². The van der Waals surface area contributed by atoms with Gasteiger partial charge in [0.1, 0.15) is 0 Å². The van der Waals surface area contributed by atoms with Crippen molar-refractivity contribution in [2.45, 2.75) is 32.7 Å². The fraction of sp³-hybridized carbons (Fsp3) is 0.615. The van der Waals surface area contributed by atoms with E-state index < -0.39 is 0 Å². The van der Waals surface area contributed by atoms with Gasteiger partial charge in [0.2, 0.25) is 0 Å². The van der Waals surface area contributed by atoms with E-state index in [9.17, 15) is 0 Å². The molecule has 0 radical (unpaired) electrons. The van der Waals surface area contributed by atoms with Gasteiger partial charge in [-0.2, -0.15) is 0 Å². The molecule has 3 nitrogen and oxygen atoms in total. The van der Waals surface area contributed by atoms with Crippen LogP contribution < -0.4 is 10.2 Å². The zero-order valence-corrected chi connectivity index (χ0v) is 10.0. The highest BCUT2D eigenvalue weighted by molar-refractivity contribution is 5.69. The minimum absolute atomic E-state index is 0.645. The van der Waals surface area contributed by atoms with Gasteiger partial charge in [0.25, 0.3) is 0 Å². The summed E-state index contributed by atoms with van der Waals surface area (Å²) in [5.41, 5.74) is 2.45. The lowest BCUT2D eigenvalue weighted by Crippen LogP contribution is -2.49. The molecule has 1 fully saturated rings. The zero-order valence-electron chi connectivity index (χ0n) is 10.0. The molecule has 1 aromatic rings. The third kappa shape index (κ3) is 1.55. The Labute approximate surface area is 96.9 Å². The van der Waals surface area contributed by atoms with Gasteiger partial charge in [-0.1, -0.05) is 6.92 Å². The van der Waals surface area contributed by atoms with Gasteiger partial charge in [0.15, 0.2) is 5.82 Å². The maximum atomic E-state index is 4.59. The van der Waals surface area contributed by atoms with E-state index in [1.807, 2.05) is 6.20 Å². The largest absolute Gasteiger partial charge is 0.380 e. The van der Waals surface area contributed by atoms with Crippen LogP contribution in [-0.2, 0) is 0 Å². The molecule has 0 amide bonds. The summed E-state index contributed by atoms with van der Waals surface area (Å²) in [7, 11) is 0. The smallest absolute Gasteiger partial charge is 0.152 e. The fourth-order valence-electron chi connectivity index (χ4n) is 2.87. The number of fused-ring (bicyclic) bond motifs is 3. The van der Waals surface area contributed by atoms with Crippen LogP contribution in [0.15, 0.2) is 12.3 Å². The number of piperidine rings is 1. The molecule has 0 saturated carbocycles. The van der Waals surface area contributed by atoms with Gasteiger partial charge < -0.3 is 10.2 Å². The number of aryl methyl sites for hydroxylation is 1. The van der Waals surface area contributed by atoms with E-state index in [4.69, 9.17) is 0 Å². The minimum atomic E-state index is 0.645. The quantitative estimate of drug-likeness (QED) is 0.723. The summed E-state index contributed by atoms with van der Waals surface area (Å²) >= 11 is 0. The summed E-state index contributed by atoms with van der Waals surface area (Å²) in [6, 6.07) is 2.85. The van der Waals surface area contributed by atoms with Crippen molar-refractivity contribution in [1.82, 2.24) is 4.98 Å². The van der Waals surface area contributed by atoms with Crippen LogP contribution in [0, 0.1) is 12.8 Å². The molecule has 3 heteroatoms. The van der Waals surface area contributed by atoms with Crippen LogP contribution in [0.3, 0.4) is 0 Å². The van der Waals surface area contributed by atoms with Crippen LogP contribution in [0.1, 0.15) is 25.3 Å². The number of pyridine rings is 1. The van der Waals surface area contributed by atoms with Crippen molar-refractivity contribution in [1.29, 1.82) is 0 Å². The normalized spacial score (nSPS) is 28.0. The van der Waals surface area contributed by atoms with Crippen LogP contribution >= 0.6 is 0 Å². The molecule has 3 rings (SSSR count). The Morgan fingerprint density at radius 1 is 1.50 bits per heavy atom. The van der Waals surface area contributed by atoms with Crippen LogP contribution in [0.5, 0.6) is 0 Å². The van der Waals surface area contributed by atoms with Crippen molar-refractivity contribution in [3.05, 3.63) is 17.8 Å². The van der Waals surface area contributed by atoms with Gasteiger partial charge in [-0.3, -0.25) is 0 Å². The predicted molar refractivity (Wildman–Crippen MR) is 67.0 cm³/mol. The van der Waals surface area contributed by atoms with Crippen molar-refractivity contribution in [3.63, 3.8) is 0 Å². The maximum absolute atomic E-state index is 4.59. The summed E-state index contributed by atoms with van der Waals surface area (Å²) in [5.74, 6) is 2.02. The topological polar surface area (TPSA) is 28.2 Å². The second-order valence-corrected chi connectivity index (χ2v) is 5.24. The van der Waals surface area contributed by atoms with Gasteiger partial charge in [-0.25, -0.2) is 4.98 Å². The molecule has 0 aliphatic carbocycles. The van der Waals surface area contributed by atoms with Crippen molar-refractivity contribution in [2.75, 3.05) is 23.3 Å². The zero-order chi connectivity index (χ0) is 11.1. The number of nitrogens with zero attached hydrogens (tertiary/aromatic N) is 2. The third-order valence-electron chi connectivity index (χ3n) is 3.78. The van der Waals surface area contributed by atoms with E-state index >= 15 is 0 Å². The number of aromatic nitrogens is 1. The molecule has 2 aliphatic heterocycles. The number of hydrogen-bond acceptors (Lipinski definition) is 3. The van der Waals surface area contributed by atoms with Crippen molar-refractivity contribution < 1.29 is 0 Å². The molecule has 16 heavy (non-hydrogen) atoms. The molecule has 2 atom stereocenters. The molecule has 2 unspecified atom stereocenters.